The molecule has 0 N–H and O–H groups in total. The van der Waals surface area contributed by atoms with Crippen LogP contribution in [0, 0.1) is 6.92 Å². The molecule has 3 nitrogen and oxygen atoms in total. The molecule has 1 aromatic rings. The van der Waals surface area contributed by atoms with E-state index in [-0.39, 0.29) is 6.54 Å². The Morgan fingerprint density at radius 1 is 1.50 bits per heavy atom. The van der Waals surface area contributed by atoms with Gasteiger partial charge in [-0.15, -0.1) is 10.2 Å². The highest BCUT2D eigenvalue weighted by molar-refractivity contribution is 4.79. The number of rotatable bonds is 2. The van der Waals surface area contributed by atoms with Gasteiger partial charge in [-0.3, -0.25) is 0 Å². The maximum atomic E-state index is 11.7. The molecule has 0 saturated heterocycles. The minimum atomic E-state index is -2.34. The summed E-state index contributed by atoms with van der Waals surface area (Å²) in [5.74, 6) is 0.514. The van der Waals surface area contributed by atoms with E-state index in [1.165, 1.54) is 10.9 Å². The maximum absolute atomic E-state index is 11.7. The van der Waals surface area contributed by atoms with Crippen LogP contribution in [0.5, 0.6) is 0 Å². The van der Waals surface area contributed by atoms with Gasteiger partial charge in [0.25, 0.3) is 6.43 Å². The second-order valence-corrected chi connectivity index (χ2v) is 1.92. The molecule has 0 radical (unpaired) electrons. The maximum Gasteiger partial charge on any atom is 0.256 e. The minimum absolute atomic E-state index is 0.321. The van der Waals surface area contributed by atoms with Crippen molar-refractivity contribution in [3.63, 3.8) is 0 Å². The molecule has 1 heterocycles. The van der Waals surface area contributed by atoms with Gasteiger partial charge in [-0.1, -0.05) is 13.8 Å². The van der Waals surface area contributed by atoms with Gasteiger partial charge in [0.1, 0.15) is 12.2 Å². The summed E-state index contributed by atoms with van der Waals surface area (Å²) in [6, 6.07) is 0. The Kier molecular flexibility index (Phi) is 5.16. The molecular weight excluding hydrogens is 164 g/mol. The molecule has 0 bridgehead atoms. The van der Waals surface area contributed by atoms with Crippen LogP contribution in [-0.2, 0) is 6.54 Å². The normalized spacial score (nSPS) is 9.50. The van der Waals surface area contributed by atoms with E-state index in [2.05, 4.69) is 10.2 Å². The van der Waals surface area contributed by atoms with Crippen LogP contribution in [0.2, 0.25) is 0 Å². The lowest BCUT2D eigenvalue weighted by Gasteiger charge is -1.99. The summed E-state index contributed by atoms with van der Waals surface area (Å²) in [7, 11) is 0. The molecule has 0 saturated carbocycles. The smallest absolute Gasteiger partial charge is 0.256 e. The molecule has 0 aliphatic heterocycles. The molecule has 0 aromatic carbocycles. The fourth-order valence-corrected chi connectivity index (χ4v) is 0.641. The van der Waals surface area contributed by atoms with Crippen molar-refractivity contribution in [1.29, 1.82) is 0 Å². The fraction of sp³-hybridized carbons (Fsp3) is 0.714. The van der Waals surface area contributed by atoms with Crippen LogP contribution in [0.3, 0.4) is 0 Å². The number of hydrogen-bond acceptors (Lipinski definition) is 2. The first-order valence-corrected chi connectivity index (χ1v) is 3.82. The molecule has 0 fully saturated rings. The molecule has 1 rings (SSSR count). The second-order valence-electron chi connectivity index (χ2n) is 1.92. The molecule has 0 amide bonds. The lowest BCUT2D eigenvalue weighted by Crippen LogP contribution is -2.06. The molecular formula is C7H13F2N3. The van der Waals surface area contributed by atoms with Gasteiger partial charge in [0.2, 0.25) is 0 Å². The van der Waals surface area contributed by atoms with Crippen LogP contribution in [0.1, 0.15) is 19.7 Å². The predicted octanol–water partition coefficient (Wildman–Crippen LogP) is 1.88. The molecule has 1 aromatic heterocycles. The lowest BCUT2D eigenvalue weighted by atomic mass is 10.6. The summed E-state index contributed by atoms with van der Waals surface area (Å²) in [5, 5.41) is 7.00. The van der Waals surface area contributed by atoms with Crippen molar-refractivity contribution in [3.8, 4) is 0 Å². The Morgan fingerprint density at radius 3 is 2.42 bits per heavy atom. The summed E-state index contributed by atoms with van der Waals surface area (Å²) < 4.78 is 24.7. The Balaban J connectivity index is 0.000000561. The van der Waals surface area contributed by atoms with Crippen molar-refractivity contribution in [2.24, 2.45) is 0 Å². The Labute approximate surface area is 70.4 Å². The van der Waals surface area contributed by atoms with Crippen molar-refractivity contribution < 1.29 is 8.78 Å². The van der Waals surface area contributed by atoms with Gasteiger partial charge < -0.3 is 4.57 Å². The summed E-state index contributed by atoms with van der Waals surface area (Å²) in [4.78, 5) is 0. The number of nitrogens with zero attached hydrogens (tertiary/aromatic N) is 3. The molecule has 70 valence electrons. The van der Waals surface area contributed by atoms with Crippen LogP contribution < -0.4 is 0 Å². The number of hydrogen-bond donors (Lipinski definition) is 0. The lowest BCUT2D eigenvalue weighted by molar-refractivity contribution is 0.125. The molecule has 0 atom stereocenters. The van der Waals surface area contributed by atoms with E-state index in [0.717, 1.165) is 0 Å². The Morgan fingerprint density at radius 2 is 2.08 bits per heavy atom. The van der Waals surface area contributed by atoms with E-state index in [9.17, 15) is 8.78 Å². The van der Waals surface area contributed by atoms with E-state index in [4.69, 9.17) is 0 Å². The van der Waals surface area contributed by atoms with Gasteiger partial charge in [0.15, 0.2) is 0 Å². The largest absolute Gasteiger partial charge is 0.312 e. The Hall–Kier alpha value is -1.00. The van der Waals surface area contributed by atoms with Gasteiger partial charge in [-0.25, -0.2) is 8.78 Å². The number of halogens is 2. The molecule has 5 heteroatoms. The number of aromatic nitrogens is 3. The third-order valence-electron chi connectivity index (χ3n) is 1.14. The first kappa shape index (κ1) is 11.0. The minimum Gasteiger partial charge on any atom is -0.312 e. The number of aryl methyl sites for hydroxylation is 1. The predicted molar refractivity (Wildman–Crippen MR) is 42.1 cm³/mol. The molecule has 0 aliphatic rings. The van der Waals surface area contributed by atoms with Crippen molar-refractivity contribution in [1.82, 2.24) is 14.8 Å². The molecule has 0 aliphatic carbocycles. The van der Waals surface area contributed by atoms with Crippen LogP contribution in [0.15, 0.2) is 6.33 Å². The van der Waals surface area contributed by atoms with E-state index in [0.29, 0.717) is 5.82 Å². The zero-order chi connectivity index (χ0) is 9.56. The average Bonchev–Trinajstić information content (AvgIpc) is 2.40. The van der Waals surface area contributed by atoms with Gasteiger partial charge in [-0.05, 0) is 6.92 Å². The Bertz CT molecular complexity index is 210. The monoisotopic (exact) mass is 177 g/mol. The van der Waals surface area contributed by atoms with Crippen molar-refractivity contribution in [2.45, 2.75) is 33.7 Å². The van der Waals surface area contributed by atoms with E-state index in [1.54, 1.807) is 6.92 Å². The molecule has 0 unspecified atom stereocenters. The second kappa shape index (κ2) is 5.62. The first-order chi connectivity index (χ1) is 5.70. The van der Waals surface area contributed by atoms with E-state index < -0.39 is 6.43 Å². The summed E-state index contributed by atoms with van der Waals surface area (Å²) >= 11 is 0. The average molecular weight is 177 g/mol. The van der Waals surface area contributed by atoms with Crippen molar-refractivity contribution in [2.75, 3.05) is 0 Å². The zero-order valence-corrected chi connectivity index (χ0v) is 7.46. The summed E-state index contributed by atoms with van der Waals surface area (Å²) in [6.07, 6.45) is -1.05. The standard InChI is InChI=1S/C5H7F2N3.C2H6/c1-4-9-8-3-10(4)2-5(6)7;1-2/h3,5H,2H2,1H3;1-2H3. The summed E-state index contributed by atoms with van der Waals surface area (Å²) in [5.41, 5.74) is 0. The third-order valence-corrected chi connectivity index (χ3v) is 1.14. The van der Waals surface area contributed by atoms with E-state index in [1.807, 2.05) is 13.8 Å². The highest BCUT2D eigenvalue weighted by Gasteiger charge is 2.05. The van der Waals surface area contributed by atoms with Crippen molar-refractivity contribution >= 4 is 0 Å². The van der Waals surface area contributed by atoms with Gasteiger partial charge in [0, 0.05) is 0 Å². The van der Waals surface area contributed by atoms with Crippen LogP contribution in [-0.4, -0.2) is 21.2 Å². The van der Waals surface area contributed by atoms with Crippen LogP contribution in [0.4, 0.5) is 8.78 Å². The molecule has 12 heavy (non-hydrogen) atoms. The topological polar surface area (TPSA) is 30.7 Å². The molecule has 0 spiro atoms. The van der Waals surface area contributed by atoms with E-state index >= 15 is 0 Å². The SMILES string of the molecule is CC.Cc1nncn1CC(F)F. The van der Waals surface area contributed by atoms with Crippen LogP contribution in [0.25, 0.3) is 0 Å². The quantitative estimate of drug-likeness (QED) is 0.690. The number of alkyl halides is 2. The van der Waals surface area contributed by atoms with Gasteiger partial charge >= 0.3 is 0 Å². The fourth-order valence-electron chi connectivity index (χ4n) is 0.641. The first-order valence-electron chi connectivity index (χ1n) is 3.82. The van der Waals surface area contributed by atoms with Gasteiger partial charge in [-0.2, -0.15) is 0 Å². The van der Waals surface area contributed by atoms with Crippen molar-refractivity contribution in [3.05, 3.63) is 12.2 Å². The zero-order valence-electron chi connectivity index (χ0n) is 7.46. The van der Waals surface area contributed by atoms with Gasteiger partial charge in [0.05, 0.1) is 6.54 Å². The van der Waals surface area contributed by atoms with Crippen LogP contribution >= 0.6 is 0 Å². The summed E-state index contributed by atoms with van der Waals surface area (Å²) in [6.45, 7) is 5.31. The highest BCUT2D eigenvalue weighted by atomic mass is 19.3. The highest BCUT2D eigenvalue weighted by Crippen LogP contribution is 1.99. The third kappa shape index (κ3) is 3.41.